The van der Waals surface area contributed by atoms with Gasteiger partial charge in [-0.25, -0.2) is 0 Å². The van der Waals surface area contributed by atoms with Crippen LogP contribution in [0.2, 0.25) is 0 Å². The molecule has 0 aromatic rings. The van der Waals surface area contributed by atoms with Crippen LogP contribution in [0, 0.1) is 52.3 Å². The minimum atomic E-state index is -0.566. The number of carbonyl (C=O) groups excluding carboxylic acids is 1. The second-order valence-electron chi connectivity index (χ2n) is 12.3. The maximum Gasteiger partial charge on any atom is 0.137 e. The number of hydrogen-bond donors (Lipinski definition) is 2. The molecule has 4 aliphatic carbocycles. The van der Waals surface area contributed by atoms with Crippen LogP contribution in [0.4, 0.5) is 0 Å². The summed E-state index contributed by atoms with van der Waals surface area (Å²) in [5.74, 6) is 3.14. The summed E-state index contributed by atoms with van der Waals surface area (Å²) in [6, 6.07) is 0. The van der Waals surface area contributed by atoms with Crippen molar-refractivity contribution in [3.05, 3.63) is 24.3 Å². The van der Waals surface area contributed by atoms with Gasteiger partial charge in [0.25, 0.3) is 0 Å². The molecule has 0 bridgehead atoms. The van der Waals surface area contributed by atoms with E-state index < -0.39 is 12.2 Å². The maximum absolute atomic E-state index is 13.3. The smallest absolute Gasteiger partial charge is 0.137 e. The lowest BCUT2D eigenvalue weighted by molar-refractivity contribution is -0.187. The van der Waals surface area contributed by atoms with Crippen LogP contribution < -0.4 is 0 Å². The van der Waals surface area contributed by atoms with Crippen molar-refractivity contribution in [2.75, 3.05) is 0 Å². The normalized spacial score (nSPS) is 48.4. The van der Waals surface area contributed by atoms with Crippen LogP contribution in [-0.2, 0) is 4.79 Å². The molecule has 0 unspecified atom stereocenters. The number of rotatable bonds is 4. The van der Waals surface area contributed by atoms with Gasteiger partial charge in [-0.15, -0.1) is 0 Å². The van der Waals surface area contributed by atoms with E-state index in [0.717, 1.165) is 6.42 Å². The van der Waals surface area contributed by atoms with Gasteiger partial charge in [0.1, 0.15) is 5.78 Å². The van der Waals surface area contributed by atoms with Crippen molar-refractivity contribution in [3.8, 4) is 0 Å². The summed E-state index contributed by atoms with van der Waals surface area (Å²) < 4.78 is 0. The molecule has 3 heteroatoms. The van der Waals surface area contributed by atoms with Crippen molar-refractivity contribution in [1.29, 1.82) is 0 Å². The summed E-state index contributed by atoms with van der Waals surface area (Å²) in [6.45, 7) is 15.6. The lowest BCUT2D eigenvalue weighted by atomic mass is 9.43. The highest BCUT2D eigenvalue weighted by Gasteiger charge is 2.64. The summed E-state index contributed by atoms with van der Waals surface area (Å²) >= 11 is 0. The van der Waals surface area contributed by atoms with Gasteiger partial charge in [0, 0.05) is 17.8 Å². The van der Waals surface area contributed by atoms with Crippen molar-refractivity contribution in [3.63, 3.8) is 0 Å². The number of allylic oxidation sites excluding steroid dienone is 3. The molecule has 0 spiro atoms. The summed E-state index contributed by atoms with van der Waals surface area (Å²) in [6.07, 6.45) is 9.88. The molecule has 10 atom stereocenters. The Kier molecular flexibility index (Phi) is 6.10. The third kappa shape index (κ3) is 3.59. The van der Waals surface area contributed by atoms with E-state index in [2.05, 4.69) is 53.3 Å². The first kappa shape index (κ1) is 23.2. The second kappa shape index (κ2) is 8.13. The average molecular weight is 429 g/mol. The molecule has 4 saturated carbocycles. The molecule has 4 fully saturated rings. The lowest BCUT2D eigenvalue weighted by Gasteiger charge is -2.61. The number of aliphatic hydroxyl groups excluding tert-OH is 2. The highest BCUT2D eigenvalue weighted by Crippen LogP contribution is 2.67. The first-order valence-electron chi connectivity index (χ1n) is 12.8. The minimum Gasteiger partial charge on any atom is -0.393 e. The number of hydrogen-bond acceptors (Lipinski definition) is 3. The standard InChI is InChI=1S/C28H44O3/c1-16(2)17(3)7-8-18(4)21-9-10-22-20-15-25(30)24-13-19(29)14-26(31)28(24,6)23(20)11-12-27(21,22)5/h7-8,16,18-24,26,29,31H,3,9-15H2,1-2,4-6H3/b8-7+/t18-,19+,20-,21+,22-,23-,24+,26-,27+,28+/m0/s1. The summed E-state index contributed by atoms with van der Waals surface area (Å²) in [4.78, 5) is 13.3. The molecule has 0 aliphatic heterocycles. The Morgan fingerprint density at radius 2 is 1.81 bits per heavy atom. The van der Waals surface area contributed by atoms with Crippen molar-refractivity contribution in [1.82, 2.24) is 0 Å². The Labute approximate surface area is 189 Å². The van der Waals surface area contributed by atoms with Crippen molar-refractivity contribution in [2.24, 2.45) is 52.3 Å². The molecule has 4 rings (SSSR count). The third-order valence-corrected chi connectivity index (χ3v) is 10.6. The van der Waals surface area contributed by atoms with E-state index in [1.807, 2.05) is 0 Å². The van der Waals surface area contributed by atoms with E-state index in [-0.39, 0.29) is 16.7 Å². The van der Waals surface area contributed by atoms with Gasteiger partial charge in [-0.1, -0.05) is 58.9 Å². The number of ketones is 1. The maximum atomic E-state index is 13.3. The molecule has 3 nitrogen and oxygen atoms in total. The van der Waals surface area contributed by atoms with Gasteiger partial charge in [0.05, 0.1) is 12.2 Å². The second-order valence-corrected chi connectivity index (χ2v) is 12.3. The predicted octanol–water partition coefficient (Wildman–Crippen LogP) is 5.56. The Hall–Kier alpha value is -0.930. The molecule has 0 amide bonds. The summed E-state index contributed by atoms with van der Waals surface area (Å²) in [7, 11) is 0. The van der Waals surface area contributed by atoms with Crippen LogP contribution in [0.25, 0.3) is 0 Å². The van der Waals surface area contributed by atoms with Crippen LogP contribution >= 0.6 is 0 Å². The molecular formula is C28H44O3. The summed E-state index contributed by atoms with van der Waals surface area (Å²) in [5.41, 5.74) is 1.10. The molecule has 0 aromatic carbocycles. The van der Waals surface area contributed by atoms with Gasteiger partial charge in [-0.3, -0.25) is 4.79 Å². The average Bonchev–Trinajstić information content (AvgIpc) is 3.05. The fourth-order valence-corrected chi connectivity index (χ4v) is 8.58. The Balaban J connectivity index is 1.57. The molecule has 0 radical (unpaired) electrons. The zero-order valence-corrected chi connectivity index (χ0v) is 20.3. The van der Waals surface area contributed by atoms with E-state index in [4.69, 9.17) is 0 Å². The Bertz CT molecular complexity index is 753. The first-order valence-corrected chi connectivity index (χ1v) is 12.8. The first-order chi connectivity index (χ1) is 14.5. The van der Waals surface area contributed by atoms with Crippen LogP contribution in [0.5, 0.6) is 0 Å². The number of carbonyl (C=O) groups is 1. The van der Waals surface area contributed by atoms with Gasteiger partial charge in [-0.05, 0) is 79.4 Å². The largest absolute Gasteiger partial charge is 0.393 e. The quantitative estimate of drug-likeness (QED) is 0.576. The van der Waals surface area contributed by atoms with Gasteiger partial charge in [-0.2, -0.15) is 0 Å². The third-order valence-electron chi connectivity index (χ3n) is 10.6. The fraction of sp³-hybridized carbons (Fsp3) is 0.821. The molecule has 31 heavy (non-hydrogen) atoms. The van der Waals surface area contributed by atoms with Crippen molar-refractivity contribution < 1.29 is 15.0 Å². The minimum absolute atomic E-state index is 0.169. The molecule has 2 N–H and O–H groups in total. The zero-order chi connectivity index (χ0) is 22.7. The van der Waals surface area contributed by atoms with E-state index in [1.54, 1.807) is 0 Å². The van der Waals surface area contributed by atoms with Crippen LogP contribution in [0.3, 0.4) is 0 Å². The van der Waals surface area contributed by atoms with Crippen LogP contribution in [-0.4, -0.2) is 28.2 Å². The Morgan fingerprint density at radius 3 is 2.48 bits per heavy atom. The molecule has 0 aromatic heterocycles. The molecule has 0 saturated heterocycles. The number of aliphatic hydroxyl groups is 2. The van der Waals surface area contributed by atoms with Gasteiger partial charge in [0.2, 0.25) is 0 Å². The SMILES string of the molecule is C=C(/C=C/[C@H](C)[C@H]1CC[C@H]2[C@@H]3CC(=O)[C@H]4C[C@@H](O)C[C@H](O)[C@]4(C)[C@H]3CC[C@]12C)C(C)C. The van der Waals surface area contributed by atoms with E-state index >= 15 is 0 Å². The van der Waals surface area contributed by atoms with Gasteiger partial charge in [0.15, 0.2) is 0 Å². The number of Topliss-reactive ketones (excluding diaryl/α,β-unsaturated/α-hetero) is 1. The van der Waals surface area contributed by atoms with Crippen molar-refractivity contribution in [2.45, 2.75) is 91.8 Å². The van der Waals surface area contributed by atoms with Gasteiger partial charge >= 0.3 is 0 Å². The number of fused-ring (bicyclic) bond motifs is 5. The van der Waals surface area contributed by atoms with E-state index in [1.165, 1.54) is 24.8 Å². The lowest BCUT2D eigenvalue weighted by Crippen LogP contribution is -2.62. The highest BCUT2D eigenvalue weighted by atomic mass is 16.3. The topological polar surface area (TPSA) is 57.5 Å². The van der Waals surface area contributed by atoms with E-state index in [0.29, 0.717) is 60.6 Å². The van der Waals surface area contributed by atoms with E-state index in [9.17, 15) is 15.0 Å². The molecule has 174 valence electrons. The zero-order valence-electron chi connectivity index (χ0n) is 20.3. The highest BCUT2D eigenvalue weighted by molar-refractivity contribution is 5.83. The fourth-order valence-electron chi connectivity index (χ4n) is 8.58. The Morgan fingerprint density at radius 1 is 1.10 bits per heavy atom. The predicted molar refractivity (Wildman–Crippen MR) is 125 cm³/mol. The molecule has 0 heterocycles. The molecular weight excluding hydrogens is 384 g/mol. The van der Waals surface area contributed by atoms with Gasteiger partial charge < -0.3 is 10.2 Å². The van der Waals surface area contributed by atoms with Crippen LogP contribution in [0.15, 0.2) is 24.3 Å². The van der Waals surface area contributed by atoms with Crippen molar-refractivity contribution >= 4 is 5.78 Å². The van der Waals surface area contributed by atoms with Crippen LogP contribution in [0.1, 0.15) is 79.6 Å². The molecule has 4 aliphatic rings. The summed E-state index contributed by atoms with van der Waals surface area (Å²) in [5, 5.41) is 21.3. The monoisotopic (exact) mass is 428 g/mol.